The van der Waals surface area contributed by atoms with Crippen molar-refractivity contribution in [2.75, 3.05) is 13.1 Å². The number of hydrogen-bond acceptors (Lipinski definition) is 6. The summed E-state index contributed by atoms with van der Waals surface area (Å²) in [7, 11) is -3.70. The third kappa shape index (κ3) is 3.01. The maximum absolute atomic E-state index is 12.9. The first kappa shape index (κ1) is 18.2. The lowest BCUT2D eigenvalue weighted by Crippen LogP contribution is -2.29. The minimum atomic E-state index is -3.70. The Hall–Kier alpha value is -2.59. The molecule has 1 saturated heterocycles. The maximum Gasteiger partial charge on any atom is 0.278 e. The molecular weight excluding hydrogens is 360 g/mol. The fraction of sp³-hybridized carbons (Fsp3) is 0.375. The molecule has 0 spiro atoms. The molecule has 0 amide bonds. The lowest BCUT2D eigenvalue weighted by atomic mass is 10.2. The Morgan fingerprint density at radius 3 is 2.27 bits per heavy atom. The average Bonchev–Trinajstić information content (AvgIpc) is 3.23. The van der Waals surface area contributed by atoms with E-state index < -0.39 is 20.9 Å². The minimum absolute atomic E-state index is 0.0506. The van der Waals surface area contributed by atoms with Crippen molar-refractivity contribution < 1.29 is 18.1 Å². The zero-order valence-electron chi connectivity index (χ0n) is 14.4. The van der Waals surface area contributed by atoms with Gasteiger partial charge in [-0.2, -0.15) is 14.1 Å². The maximum atomic E-state index is 12.9. The monoisotopic (exact) mass is 378 g/mol. The molecule has 1 aliphatic heterocycles. The largest absolute Gasteiger partial charge is 0.278 e. The van der Waals surface area contributed by atoms with Gasteiger partial charge in [-0.05, 0) is 38.8 Å². The number of nitrogens with zero attached hydrogens (tertiary/aromatic N) is 4. The highest BCUT2D eigenvalue weighted by atomic mass is 32.2. The molecule has 138 valence electrons. The highest BCUT2D eigenvalue weighted by Gasteiger charge is 2.33. The second-order valence-corrected chi connectivity index (χ2v) is 8.01. The van der Waals surface area contributed by atoms with E-state index in [1.54, 1.807) is 6.92 Å². The van der Waals surface area contributed by atoms with Crippen molar-refractivity contribution in [1.29, 1.82) is 0 Å². The van der Waals surface area contributed by atoms with Crippen molar-refractivity contribution in [3.8, 4) is 0 Å². The molecule has 9 nitrogen and oxygen atoms in total. The standard InChI is InChI=1S/C16H18N4O5S/c1-11-15(26(24,25)18-9-3-4-10-18)12(2)19(17-11)16(21)13-5-7-14(8-6-13)20(22)23/h5-8H,3-4,9-10H2,1-2H3. The number of nitro groups is 1. The number of nitro benzene ring substituents is 1. The topological polar surface area (TPSA) is 115 Å². The summed E-state index contributed by atoms with van der Waals surface area (Å²) in [5.74, 6) is -0.539. The van der Waals surface area contributed by atoms with Gasteiger partial charge in [-0.3, -0.25) is 14.9 Å². The summed E-state index contributed by atoms with van der Waals surface area (Å²) in [6.07, 6.45) is 1.63. The molecule has 0 saturated carbocycles. The number of carbonyl (C=O) groups excluding carboxylic acids is 1. The first-order valence-electron chi connectivity index (χ1n) is 8.09. The molecule has 1 aromatic carbocycles. The molecule has 1 aromatic heterocycles. The van der Waals surface area contributed by atoms with E-state index in [2.05, 4.69) is 5.10 Å². The van der Waals surface area contributed by atoms with Gasteiger partial charge >= 0.3 is 0 Å². The van der Waals surface area contributed by atoms with Crippen LogP contribution in [0.1, 0.15) is 34.6 Å². The molecule has 2 heterocycles. The van der Waals surface area contributed by atoms with Gasteiger partial charge in [0.15, 0.2) is 0 Å². The Labute approximate surface area is 150 Å². The summed E-state index contributed by atoms with van der Waals surface area (Å²) in [5.41, 5.74) is 0.543. The van der Waals surface area contributed by atoms with Crippen LogP contribution in [0, 0.1) is 24.0 Å². The normalized spacial score (nSPS) is 15.3. The van der Waals surface area contributed by atoms with Crippen LogP contribution in [0.5, 0.6) is 0 Å². The van der Waals surface area contributed by atoms with Crippen molar-refractivity contribution in [2.24, 2.45) is 0 Å². The van der Waals surface area contributed by atoms with Crippen LogP contribution in [0.3, 0.4) is 0 Å². The first-order chi connectivity index (χ1) is 12.2. The fourth-order valence-corrected chi connectivity index (χ4v) is 4.98. The molecular formula is C16H18N4O5S. The molecule has 1 fully saturated rings. The number of aryl methyl sites for hydroxylation is 1. The summed E-state index contributed by atoms with van der Waals surface area (Å²) in [6.45, 7) is 4.01. The quantitative estimate of drug-likeness (QED) is 0.592. The van der Waals surface area contributed by atoms with E-state index in [1.165, 1.54) is 35.5 Å². The fourth-order valence-electron chi connectivity index (χ4n) is 3.11. The van der Waals surface area contributed by atoms with Gasteiger partial charge < -0.3 is 0 Å². The summed E-state index contributed by atoms with van der Waals surface area (Å²) in [4.78, 5) is 22.9. The van der Waals surface area contributed by atoms with Crippen molar-refractivity contribution in [2.45, 2.75) is 31.6 Å². The van der Waals surface area contributed by atoms with Crippen LogP contribution in [0.4, 0.5) is 5.69 Å². The first-order valence-corrected chi connectivity index (χ1v) is 9.53. The SMILES string of the molecule is Cc1nn(C(=O)c2ccc([N+](=O)[O-])cc2)c(C)c1S(=O)(=O)N1CCCC1. The lowest BCUT2D eigenvalue weighted by Gasteiger charge is -2.15. The van der Waals surface area contributed by atoms with Gasteiger partial charge in [-0.15, -0.1) is 0 Å². The van der Waals surface area contributed by atoms with Crippen LogP contribution in [0.25, 0.3) is 0 Å². The summed E-state index contributed by atoms with van der Waals surface area (Å²) in [6, 6.07) is 5.10. The van der Waals surface area contributed by atoms with Crippen LogP contribution in [-0.4, -0.2) is 46.4 Å². The Morgan fingerprint density at radius 2 is 1.73 bits per heavy atom. The van der Waals surface area contributed by atoms with Gasteiger partial charge in [-0.1, -0.05) is 0 Å². The molecule has 3 rings (SSSR count). The summed E-state index contributed by atoms with van der Waals surface area (Å²) < 4.78 is 28.2. The molecule has 0 unspecified atom stereocenters. The number of sulfonamides is 1. The predicted molar refractivity (Wildman–Crippen MR) is 92.5 cm³/mol. The molecule has 2 aromatic rings. The number of non-ortho nitro benzene ring substituents is 1. The van der Waals surface area contributed by atoms with Crippen molar-refractivity contribution in [3.05, 3.63) is 51.3 Å². The van der Waals surface area contributed by atoms with E-state index in [0.29, 0.717) is 13.1 Å². The highest BCUT2D eigenvalue weighted by molar-refractivity contribution is 7.89. The second-order valence-electron chi connectivity index (χ2n) is 6.13. The lowest BCUT2D eigenvalue weighted by molar-refractivity contribution is -0.384. The van der Waals surface area contributed by atoms with Gasteiger partial charge in [0.25, 0.3) is 11.6 Å². The van der Waals surface area contributed by atoms with E-state index in [4.69, 9.17) is 0 Å². The van der Waals surface area contributed by atoms with E-state index in [1.807, 2.05) is 0 Å². The average molecular weight is 378 g/mol. The van der Waals surface area contributed by atoms with Gasteiger partial charge in [0, 0.05) is 30.8 Å². The Kier molecular flexibility index (Phi) is 4.63. The highest BCUT2D eigenvalue weighted by Crippen LogP contribution is 2.27. The zero-order valence-corrected chi connectivity index (χ0v) is 15.2. The molecule has 1 aliphatic rings. The number of aromatic nitrogens is 2. The molecule has 0 radical (unpaired) electrons. The van der Waals surface area contributed by atoms with Crippen molar-refractivity contribution >= 4 is 21.6 Å². The molecule has 10 heteroatoms. The van der Waals surface area contributed by atoms with Crippen LogP contribution < -0.4 is 0 Å². The van der Waals surface area contributed by atoms with Crippen molar-refractivity contribution in [3.63, 3.8) is 0 Å². The molecule has 0 N–H and O–H groups in total. The second kappa shape index (κ2) is 6.61. The Balaban J connectivity index is 1.99. The Bertz CT molecular complexity index is 973. The van der Waals surface area contributed by atoms with E-state index in [0.717, 1.165) is 17.5 Å². The third-order valence-electron chi connectivity index (χ3n) is 4.41. The Morgan fingerprint density at radius 1 is 1.15 bits per heavy atom. The number of rotatable bonds is 4. The molecule has 0 aliphatic carbocycles. The number of hydrogen-bond donors (Lipinski definition) is 0. The zero-order chi connectivity index (χ0) is 19.1. The molecule has 26 heavy (non-hydrogen) atoms. The van der Waals surface area contributed by atoms with E-state index >= 15 is 0 Å². The van der Waals surface area contributed by atoms with Gasteiger partial charge in [0.05, 0.1) is 16.3 Å². The smallest absolute Gasteiger partial charge is 0.267 e. The van der Waals surface area contributed by atoms with Gasteiger partial charge in [-0.25, -0.2) is 8.42 Å². The van der Waals surface area contributed by atoms with Gasteiger partial charge in [0.1, 0.15) is 4.90 Å². The number of benzene rings is 1. The predicted octanol–water partition coefficient (Wildman–Crippen LogP) is 1.88. The van der Waals surface area contributed by atoms with Gasteiger partial charge in [0.2, 0.25) is 10.0 Å². The van der Waals surface area contributed by atoms with E-state index in [-0.39, 0.29) is 27.5 Å². The molecule has 0 bridgehead atoms. The van der Waals surface area contributed by atoms with Crippen LogP contribution in [0.2, 0.25) is 0 Å². The van der Waals surface area contributed by atoms with Crippen LogP contribution >= 0.6 is 0 Å². The molecule has 0 atom stereocenters. The van der Waals surface area contributed by atoms with Crippen molar-refractivity contribution in [1.82, 2.24) is 14.1 Å². The number of carbonyl (C=O) groups is 1. The van der Waals surface area contributed by atoms with Crippen LogP contribution in [0.15, 0.2) is 29.2 Å². The summed E-state index contributed by atoms with van der Waals surface area (Å²) in [5, 5.41) is 14.8. The minimum Gasteiger partial charge on any atom is -0.267 e. The summed E-state index contributed by atoms with van der Waals surface area (Å²) >= 11 is 0. The van der Waals surface area contributed by atoms with Crippen LogP contribution in [-0.2, 0) is 10.0 Å². The third-order valence-corrected chi connectivity index (χ3v) is 6.56. The van der Waals surface area contributed by atoms with E-state index in [9.17, 15) is 23.3 Å².